The summed E-state index contributed by atoms with van der Waals surface area (Å²) in [6.45, 7) is 6.22. The summed E-state index contributed by atoms with van der Waals surface area (Å²) in [6.07, 6.45) is 0. The van der Waals surface area contributed by atoms with Crippen LogP contribution < -0.4 is 5.32 Å². The topological polar surface area (TPSA) is 24.9 Å². The molecule has 2 aromatic carbocycles. The molecule has 114 valence electrons. The lowest BCUT2D eigenvalue weighted by Crippen LogP contribution is -1.96. The van der Waals surface area contributed by atoms with Crippen LogP contribution in [0.3, 0.4) is 0 Å². The summed E-state index contributed by atoms with van der Waals surface area (Å²) in [7, 11) is 0. The number of aryl methyl sites for hydroxylation is 3. The fraction of sp³-hybridized carbons (Fsp3) is 0.167. The molecule has 22 heavy (non-hydrogen) atoms. The molecule has 0 saturated carbocycles. The third-order valence-electron chi connectivity index (χ3n) is 3.48. The van der Waals surface area contributed by atoms with Crippen LogP contribution in [0.1, 0.15) is 16.8 Å². The molecule has 0 spiro atoms. The quantitative estimate of drug-likeness (QED) is 0.624. The van der Waals surface area contributed by atoms with Gasteiger partial charge in [-0.25, -0.2) is 0 Å². The summed E-state index contributed by atoms with van der Waals surface area (Å²) in [4.78, 5) is 4.67. The fourth-order valence-electron chi connectivity index (χ4n) is 2.63. The maximum Gasteiger partial charge on any atom is 0.0755 e. The molecule has 0 aliphatic heterocycles. The van der Waals surface area contributed by atoms with E-state index in [1.165, 1.54) is 11.1 Å². The predicted molar refractivity (Wildman–Crippen MR) is 97.9 cm³/mol. The van der Waals surface area contributed by atoms with E-state index in [0.29, 0.717) is 0 Å². The number of hydrogen-bond donors (Lipinski definition) is 1. The maximum absolute atomic E-state index is 6.06. The monoisotopic (exact) mass is 332 g/mol. The maximum atomic E-state index is 6.06. The van der Waals surface area contributed by atoms with Crippen molar-refractivity contribution in [2.75, 3.05) is 5.32 Å². The van der Waals surface area contributed by atoms with E-state index in [-0.39, 0.29) is 12.4 Å². The smallest absolute Gasteiger partial charge is 0.0755 e. The van der Waals surface area contributed by atoms with Crippen LogP contribution in [0.25, 0.3) is 10.9 Å². The normalized spacial score (nSPS) is 10.4. The molecule has 0 aliphatic carbocycles. The zero-order valence-corrected chi connectivity index (χ0v) is 14.3. The van der Waals surface area contributed by atoms with Gasteiger partial charge < -0.3 is 5.32 Å². The van der Waals surface area contributed by atoms with E-state index in [0.717, 1.165) is 33.0 Å². The molecule has 0 aliphatic rings. The van der Waals surface area contributed by atoms with E-state index >= 15 is 0 Å². The average Bonchev–Trinajstić information content (AvgIpc) is 2.40. The van der Waals surface area contributed by atoms with Gasteiger partial charge in [0, 0.05) is 27.5 Å². The molecule has 0 bridgehead atoms. The van der Waals surface area contributed by atoms with E-state index in [1.807, 2.05) is 31.2 Å². The predicted octanol–water partition coefficient (Wildman–Crippen LogP) is 5.98. The molecule has 0 fully saturated rings. The third kappa shape index (κ3) is 3.34. The summed E-state index contributed by atoms with van der Waals surface area (Å²) in [5, 5.41) is 5.32. The second-order valence-corrected chi connectivity index (χ2v) is 5.86. The molecule has 0 amide bonds. The number of nitrogens with zero attached hydrogens (tertiary/aromatic N) is 1. The van der Waals surface area contributed by atoms with Crippen molar-refractivity contribution in [2.45, 2.75) is 20.8 Å². The number of anilines is 2. The Balaban J connectivity index is 0.00000176. The Labute approximate surface area is 141 Å². The van der Waals surface area contributed by atoms with Crippen LogP contribution in [0.2, 0.25) is 5.02 Å². The fourth-order valence-corrected chi connectivity index (χ4v) is 2.82. The summed E-state index contributed by atoms with van der Waals surface area (Å²) in [6, 6.07) is 14.2. The van der Waals surface area contributed by atoms with E-state index in [2.05, 4.69) is 42.3 Å². The first kappa shape index (κ1) is 16.6. The summed E-state index contributed by atoms with van der Waals surface area (Å²) in [5.41, 5.74) is 6.52. The molecule has 1 aromatic heterocycles. The Morgan fingerprint density at radius 3 is 2.50 bits per heavy atom. The Hall–Kier alpha value is -1.77. The first-order valence-electron chi connectivity index (χ1n) is 6.94. The van der Waals surface area contributed by atoms with Crippen molar-refractivity contribution >= 4 is 46.3 Å². The first-order valence-corrected chi connectivity index (χ1v) is 7.32. The van der Waals surface area contributed by atoms with Gasteiger partial charge >= 0.3 is 0 Å². The Bertz CT molecular complexity index is 829. The van der Waals surface area contributed by atoms with Crippen LogP contribution in [-0.4, -0.2) is 4.98 Å². The molecule has 1 heterocycles. The Kier molecular flexibility index (Phi) is 4.94. The number of nitrogens with one attached hydrogen (secondary N) is 1. The van der Waals surface area contributed by atoms with Gasteiger partial charge in [-0.05, 0) is 56.7 Å². The minimum absolute atomic E-state index is 0. The van der Waals surface area contributed by atoms with Gasteiger partial charge in [0.15, 0.2) is 0 Å². The van der Waals surface area contributed by atoms with Crippen molar-refractivity contribution in [3.8, 4) is 0 Å². The highest BCUT2D eigenvalue weighted by Crippen LogP contribution is 2.30. The summed E-state index contributed by atoms with van der Waals surface area (Å²) in [5.74, 6) is 0. The average molecular weight is 333 g/mol. The van der Waals surface area contributed by atoms with Crippen molar-refractivity contribution in [3.05, 3.63) is 64.3 Å². The van der Waals surface area contributed by atoms with E-state index in [1.54, 1.807) is 0 Å². The van der Waals surface area contributed by atoms with E-state index < -0.39 is 0 Å². The molecule has 4 heteroatoms. The molecule has 0 unspecified atom stereocenters. The van der Waals surface area contributed by atoms with Crippen molar-refractivity contribution in [3.63, 3.8) is 0 Å². The highest BCUT2D eigenvalue weighted by atomic mass is 35.5. The molecule has 1 N–H and O–H groups in total. The van der Waals surface area contributed by atoms with Crippen LogP contribution in [0.4, 0.5) is 11.4 Å². The van der Waals surface area contributed by atoms with Gasteiger partial charge in [-0.1, -0.05) is 29.3 Å². The number of fused-ring (bicyclic) bond motifs is 1. The molecular weight excluding hydrogens is 315 g/mol. The lowest BCUT2D eigenvalue weighted by molar-refractivity contribution is 1.23. The Morgan fingerprint density at radius 2 is 1.77 bits per heavy atom. The third-order valence-corrected chi connectivity index (χ3v) is 3.72. The Morgan fingerprint density at radius 1 is 1.00 bits per heavy atom. The molecule has 0 saturated heterocycles. The largest absolute Gasteiger partial charge is 0.355 e. The highest BCUT2D eigenvalue weighted by molar-refractivity contribution is 6.30. The molecular formula is C18H18Cl2N2. The van der Waals surface area contributed by atoms with Crippen molar-refractivity contribution < 1.29 is 0 Å². The summed E-state index contributed by atoms with van der Waals surface area (Å²) >= 11 is 6.06. The summed E-state index contributed by atoms with van der Waals surface area (Å²) < 4.78 is 0. The van der Waals surface area contributed by atoms with Crippen LogP contribution >= 0.6 is 24.0 Å². The molecule has 0 atom stereocenters. The minimum atomic E-state index is 0. The van der Waals surface area contributed by atoms with Crippen molar-refractivity contribution in [1.82, 2.24) is 4.98 Å². The number of benzene rings is 2. The molecule has 3 aromatic rings. The van der Waals surface area contributed by atoms with Crippen LogP contribution in [0, 0.1) is 20.8 Å². The lowest BCUT2D eigenvalue weighted by Gasteiger charge is -2.13. The molecule has 0 radical (unpaired) electrons. The van der Waals surface area contributed by atoms with Gasteiger partial charge in [0.05, 0.1) is 5.52 Å². The SMILES string of the molecule is Cc1cc(C)c2nc(C)cc(Nc3cccc(Cl)c3)c2c1.Cl. The second kappa shape index (κ2) is 6.55. The van der Waals surface area contributed by atoms with Crippen molar-refractivity contribution in [1.29, 1.82) is 0 Å². The van der Waals surface area contributed by atoms with Crippen LogP contribution in [-0.2, 0) is 0 Å². The van der Waals surface area contributed by atoms with Gasteiger partial charge in [0.1, 0.15) is 0 Å². The number of pyridine rings is 1. The van der Waals surface area contributed by atoms with Crippen molar-refractivity contribution in [2.24, 2.45) is 0 Å². The van der Waals surface area contributed by atoms with Gasteiger partial charge in [-0.2, -0.15) is 0 Å². The van der Waals surface area contributed by atoms with Crippen LogP contribution in [0.5, 0.6) is 0 Å². The van der Waals surface area contributed by atoms with Gasteiger partial charge in [0.2, 0.25) is 0 Å². The highest BCUT2D eigenvalue weighted by Gasteiger charge is 2.08. The van der Waals surface area contributed by atoms with E-state index in [4.69, 9.17) is 11.6 Å². The molecule has 3 rings (SSSR count). The number of hydrogen-bond acceptors (Lipinski definition) is 2. The first-order chi connectivity index (χ1) is 10.0. The number of aromatic nitrogens is 1. The van der Waals surface area contributed by atoms with Gasteiger partial charge in [-0.15, -0.1) is 12.4 Å². The number of halogens is 2. The number of rotatable bonds is 2. The standard InChI is InChI=1S/C18H17ClN2.ClH/c1-11-7-12(2)18-16(8-11)17(9-13(3)20-18)21-15-6-4-5-14(19)10-15;/h4-10H,1-3H3,(H,20,21);1H. The lowest BCUT2D eigenvalue weighted by atomic mass is 10.0. The van der Waals surface area contributed by atoms with E-state index in [9.17, 15) is 0 Å². The zero-order valence-electron chi connectivity index (χ0n) is 12.8. The minimum Gasteiger partial charge on any atom is -0.355 e. The van der Waals surface area contributed by atoms with Crippen LogP contribution in [0.15, 0.2) is 42.5 Å². The zero-order chi connectivity index (χ0) is 15.0. The van der Waals surface area contributed by atoms with Gasteiger partial charge in [0.25, 0.3) is 0 Å². The van der Waals surface area contributed by atoms with Gasteiger partial charge in [-0.3, -0.25) is 4.98 Å². The second-order valence-electron chi connectivity index (χ2n) is 5.42. The molecule has 2 nitrogen and oxygen atoms in total.